The molecule has 0 aliphatic carbocycles. The van der Waals surface area contributed by atoms with Crippen molar-refractivity contribution in [2.45, 2.75) is 4.90 Å². The van der Waals surface area contributed by atoms with E-state index in [0.29, 0.717) is 11.6 Å². The van der Waals surface area contributed by atoms with Crippen LogP contribution >= 0.6 is 0 Å². The predicted octanol–water partition coefficient (Wildman–Crippen LogP) is 2.70. The first kappa shape index (κ1) is 14.0. The summed E-state index contributed by atoms with van der Waals surface area (Å²) < 4.78 is 52.6. The largest absolute Gasteiger partial charge is 0.279 e. The van der Waals surface area contributed by atoms with Gasteiger partial charge in [-0.3, -0.25) is 4.72 Å². The lowest BCUT2D eigenvalue weighted by atomic mass is 10.2. The van der Waals surface area contributed by atoms with Crippen LogP contribution in [0.5, 0.6) is 0 Å². The summed E-state index contributed by atoms with van der Waals surface area (Å²) >= 11 is 0. The SMILES string of the molecule is [C]#Cc1cccc(NS(=O)(=O)c2cc(F)ccc2F)c1. The van der Waals surface area contributed by atoms with Gasteiger partial charge in [0.15, 0.2) is 0 Å². The van der Waals surface area contributed by atoms with Gasteiger partial charge in [0.1, 0.15) is 16.5 Å². The number of benzene rings is 2. The Morgan fingerprint density at radius 3 is 2.55 bits per heavy atom. The normalized spacial score (nSPS) is 10.8. The molecule has 101 valence electrons. The second kappa shape index (κ2) is 5.31. The maximum Gasteiger partial charge on any atom is 0.264 e. The van der Waals surface area contributed by atoms with E-state index in [1.54, 1.807) is 6.07 Å². The third kappa shape index (κ3) is 2.95. The molecule has 0 amide bonds. The zero-order valence-electron chi connectivity index (χ0n) is 10.0. The molecule has 2 aromatic rings. The predicted molar refractivity (Wildman–Crippen MR) is 69.8 cm³/mol. The topological polar surface area (TPSA) is 46.2 Å². The lowest BCUT2D eigenvalue weighted by Gasteiger charge is -2.09. The first-order chi connectivity index (χ1) is 9.42. The molecule has 0 aliphatic heterocycles. The first-order valence-electron chi connectivity index (χ1n) is 5.43. The van der Waals surface area contributed by atoms with Gasteiger partial charge in [-0.25, -0.2) is 17.2 Å². The minimum absolute atomic E-state index is 0.130. The number of hydrogen-bond acceptors (Lipinski definition) is 2. The monoisotopic (exact) mass is 292 g/mol. The Balaban J connectivity index is 2.41. The van der Waals surface area contributed by atoms with E-state index < -0.39 is 26.6 Å². The molecule has 0 atom stereocenters. The van der Waals surface area contributed by atoms with Crippen LogP contribution in [0.4, 0.5) is 14.5 Å². The zero-order valence-corrected chi connectivity index (χ0v) is 10.8. The van der Waals surface area contributed by atoms with Crippen LogP contribution in [-0.4, -0.2) is 8.42 Å². The van der Waals surface area contributed by atoms with E-state index in [0.717, 1.165) is 12.1 Å². The number of rotatable bonds is 3. The van der Waals surface area contributed by atoms with Crippen molar-refractivity contribution in [2.24, 2.45) is 0 Å². The highest BCUT2D eigenvalue weighted by atomic mass is 32.2. The summed E-state index contributed by atoms with van der Waals surface area (Å²) in [6.07, 6.45) is 6.96. The van der Waals surface area contributed by atoms with E-state index in [9.17, 15) is 17.2 Å². The van der Waals surface area contributed by atoms with E-state index in [4.69, 9.17) is 6.42 Å². The highest BCUT2D eigenvalue weighted by molar-refractivity contribution is 7.92. The molecular formula is C14H8F2NO2S. The first-order valence-corrected chi connectivity index (χ1v) is 6.91. The van der Waals surface area contributed by atoms with E-state index >= 15 is 0 Å². The molecule has 2 rings (SSSR count). The lowest BCUT2D eigenvalue weighted by molar-refractivity contribution is 0.555. The fraction of sp³-hybridized carbons (Fsp3) is 0. The zero-order chi connectivity index (χ0) is 14.8. The highest BCUT2D eigenvalue weighted by Crippen LogP contribution is 2.20. The Kier molecular flexibility index (Phi) is 3.72. The molecule has 3 nitrogen and oxygen atoms in total. The maximum atomic E-state index is 13.5. The number of nitrogens with one attached hydrogen (secondary N) is 1. The van der Waals surface area contributed by atoms with Gasteiger partial charge in [0, 0.05) is 5.56 Å². The number of hydrogen-bond donors (Lipinski definition) is 1. The Morgan fingerprint density at radius 2 is 1.85 bits per heavy atom. The van der Waals surface area contributed by atoms with Gasteiger partial charge in [0.2, 0.25) is 0 Å². The van der Waals surface area contributed by atoms with Gasteiger partial charge in [0.05, 0.1) is 5.69 Å². The smallest absolute Gasteiger partial charge is 0.264 e. The van der Waals surface area contributed by atoms with Crippen molar-refractivity contribution in [1.82, 2.24) is 0 Å². The molecule has 20 heavy (non-hydrogen) atoms. The summed E-state index contributed by atoms with van der Waals surface area (Å²) in [5, 5.41) is 0. The summed E-state index contributed by atoms with van der Waals surface area (Å²) in [5.41, 5.74) is 0.482. The highest BCUT2D eigenvalue weighted by Gasteiger charge is 2.20. The van der Waals surface area contributed by atoms with Crippen LogP contribution < -0.4 is 4.72 Å². The van der Waals surface area contributed by atoms with Crippen molar-refractivity contribution >= 4 is 15.7 Å². The molecule has 1 radical (unpaired) electrons. The molecule has 0 saturated heterocycles. The summed E-state index contributed by atoms with van der Waals surface area (Å²) in [5.74, 6) is 0.194. The maximum absolute atomic E-state index is 13.5. The number of sulfonamides is 1. The number of anilines is 1. The van der Waals surface area contributed by atoms with Crippen LogP contribution in [-0.2, 0) is 10.0 Å². The molecule has 0 aliphatic rings. The van der Waals surface area contributed by atoms with E-state index in [1.807, 2.05) is 0 Å². The van der Waals surface area contributed by atoms with Crippen molar-refractivity contribution in [3.05, 3.63) is 66.1 Å². The van der Waals surface area contributed by atoms with Crippen molar-refractivity contribution in [3.8, 4) is 5.92 Å². The average Bonchev–Trinajstić information content (AvgIpc) is 2.41. The summed E-state index contributed by atoms with van der Waals surface area (Å²) in [4.78, 5) is -0.776. The number of halogens is 2. The fourth-order valence-corrected chi connectivity index (χ4v) is 2.69. The van der Waals surface area contributed by atoms with Gasteiger partial charge < -0.3 is 0 Å². The van der Waals surface area contributed by atoms with Crippen molar-refractivity contribution < 1.29 is 17.2 Å². The van der Waals surface area contributed by atoms with Crippen LogP contribution in [0.25, 0.3) is 0 Å². The van der Waals surface area contributed by atoms with Gasteiger partial charge in [-0.15, -0.1) is 0 Å². The molecule has 0 fully saturated rings. The second-order valence-corrected chi connectivity index (χ2v) is 5.54. The molecule has 0 heterocycles. The Hall–Kier alpha value is -2.39. The van der Waals surface area contributed by atoms with Gasteiger partial charge >= 0.3 is 0 Å². The molecule has 0 spiro atoms. The summed E-state index contributed by atoms with van der Waals surface area (Å²) in [7, 11) is -4.25. The second-order valence-electron chi connectivity index (χ2n) is 3.89. The summed E-state index contributed by atoms with van der Waals surface area (Å²) in [6.45, 7) is 0. The molecule has 0 bridgehead atoms. The van der Waals surface area contributed by atoms with E-state index in [2.05, 4.69) is 10.6 Å². The Bertz CT molecular complexity index is 795. The van der Waals surface area contributed by atoms with Gasteiger partial charge in [0.25, 0.3) is 10.0 Å². The minimum Gasteiger partial charge on any atom is -0.279 e. The molecule has 1 N–H and O–H groups in total. The van der Waals surface area contributed by atoms with Crippen molar-refractivity contribution in [1.29, 1.82) is 0 Å². The third-order valence-electron chi connectivity index (χ3n) is 2.44. The standard InChI is InChI=1S/C14H8F2NO2S/c1-2-10-4-3-5-12(8-10)17-20(18,19)14-9-11(15)6-7-13(14)16/h3-9,17H. The van der Waals surface area contributed by atoms with Crippen LogP contribution in [0.15, 0.2) is 47.4 Å². The van der Waals surface area contributed by atoms with Crippen LogP contribution in [0.3, 0.4) is 0 Å². The van der Waals surface area contributed by atoms with Gasteiger partial charge in [-0.2, -0.15) is 0 Å². The minimum atomic E-state index is -4.25. The quantitative estimate of drug-likeness (QED) is 0.884. The van der Waals surface area contributed by atoms with Crippen LogP contribution in [0.1, 0.15) is 5.56 Å². The lowest BCUT2D eigenvalue weighted by Crippen LogP contribution is -2.15. The fourth-order valence-electron chi connectivity index (χ4n) is 1.55. The van der Waals surface area contributed by atoms with Crippen LogP contribution in [0, 0.1) is 24.0 Å². The van der Waals surface area contributed by atoms with Crippen molar-refractivity contribution in [2.75, 3.05) is 4.72 Å². The molecular weight excluding hydrogens is 284 g/mol. The van der Waals surface area contributed by atoms with E-state index in [1.165, 1.54) is 18.2 Å². The third-order valence-corrected chi connectivity index (χ3v) is 3.84. The molecule has 0 aromatic heterocycles. The van der Waals surface area contributed by atoms with Crippen molar-refractivity contribution in [3.63, 3.8) is 0 Å². The molecule has 2 aromatic carbocycles. The Labute approximate surface area is 115 Å². The molecule has 6 heteroatoms. The summed E-state index contributed by atoms with van der Waals surface area (Å²) in [6, 6.07) is 8.01. The van der Waals surface area contributed by atoms with Crippen LogP contribution in [0.2, 0.25) is 0 Å². The molecule has 0 saturated carbocycles. The van der Waals surface area contributed by atoms with E-state index in [-0.39, 0.29) is 5.69 Å². The van der Waals surface area contributed by atoms with Gasteiger partial charge in [-0.1, -0.05) is 12.0 Å². The Morgan fingerprint density at radius 1 is 1.10 bits per heavy atom. The molecule has 0 unspecified atom stereocenters. The van der Waals surface area contributed by atoms with Gasteiger partial charge in [-0.05, 0) is 42.8 Å². The average molecular weight is 292 g/mol.